The monoisotopic (exact) mass is 247 g/mol. The normalized spacial score (nSPS) is 22.2. The van der Waals surface area contributed by atoms with E-state index in [9.17, 15) is 4.21 Å². The van der Waals surface area contributed by atoms with E-state index in [1.807, 2.05) is 13.8 Å². The number of hydrogen-bond donors (Lipinski definition) is 1. The molecule has 1 fully saturated rings. The molecule has 0 aromatic heterocycles. The van der Waals surface area contributed by atoms with Crippen molar-refractivity contribution in [3.63, 3.8) is 0 Å². The van der Waals surface area contributed by atoms with Gasteiger partial charge in [0.1, 0.15) is 0 Å². The smallest absolute Gasteiger partial charge is 0.0410 e. The highest BCUT2D eigenvalue weighted by molar-refractivity contribution is 7.85. The van der Waals surface area contributed by atoms with Crippen molar-refractivity contribution in [1.29, 1.82) is 0 Å². The van der Waals surface area contributed by atoms with Crippen molar-refractivity contribution in [2.24, 2.45) is 5.73 Å². The number of nitrogens with zero attached hydrogens (tertiary/aromatic N) is 2. The summed E-state index contributed by atoms with van der Waals surface area (Å²) in [5.74, 6) is 1.35. The fourth-order valence-corrected chi connectivity index (χ4v) is 3.23. The molecule has 0 amide bonds. The highest BCUT2D eigenvalue weighted by Crippen LogP contribution is 2.02. The van der Waals surface area contributed by atoms with Crippen LogP contribution in [0, 0.1) is 0 Å². The Bertz CT molecular complexity index is 232. The summed E-state index contributed by atoms with van der Waals surface area (Å²) in [5.41, 5.74) is 5.54. The lowest BCUT2D eigenvalue weighted by molar-refractivity contribution is 0.161. The summed E-state index contributed by atoms with van der Waals surface area (Å²) in [7, 11) is 1.37. The average molecular weight is 247 g/mol. The molecule has 1 saturated heterocycles. The molecule has 96 valence electrons. The molecule has 0 bridgehead atoms. The van der Waals surface area contributed by atoms with E-state index in [2.05, 4.69) is 16.8 Å². The largest absolute Gasteiger partial charge is 0.325 e. The first-order chi connectivity index (χ1) is 7.37. The number of rotatable bonds is 5. The second kappa shape index (κ2) is 6.10. The van der Waals surface area contributed by atoms with Crippen LogP contribution in [-0.2, 0) is 10.8 Å². The van der Waals surface area contributed by atoms with Crippen molar-refractivity contribution in [3.8, 4) is 0 Å². The summed E-state index contributed by atoms with van der Waals surface area (Å²) in [6.45, 7) is 9.24. The SMILES string of the molecule is CN1CCN(CCS(=O)CC(C)(C)N)CC1. The number of likely N-dealkylation sites (N-methyl/N-ethyl adjacent to an activating group) is 1. The van der Waals surface area contributed by atoms with Crippen LogP contribution in [0.25, 0.3) is 0 Å². The maximum Gasteiger partial charge on any atom is 0.0410 e. The molecular weight excluding hydrogens is 222 g/mol. The lowest BCUT2D eigenvalue weighted by Crippen LogP contribution is -2.46. The van der Waals surface area contributed by atoms with E-state index >= 15 is 0 Å². The van der Waals surface area contributed by atoms with Crippen molar-refractivity contribution >= 4 is 10.8 Å². The number of hydrogen-bond acceptors (Lipinski definition) is 4. The standard InChI is InChI=1S/C11H25N3OS/c1-11(2,12)10-16(15)9-8-14-6-4-13(3)5-7-14/h4-10,12H2,1-3H3. The highest BCUT2D eigenvalue weighted by Gasteiger charge is 2.17. The van der Waals surface area contributed by atoms with Crippen LogP contribution < -0.4 is 5.73 Å². The van der Waals surface area contributed by atoms with Crippen LogP contribution in [0.2, 0.25) is 0 Å². The lowest BCUT2D eigenvalue weighted by atomic mass is 10.1. The van der Waals surface area contributed by atoms with Crippen LogP contribution in [0.3, 0.4) is 0 Å². The molecule has 1 heterocycles. The molecule has 1 aliphatic rings. The highest BCUT2D eigenvalue weighted by atomic mass is 32.2. The van der Waals surface area contributed by atoms with Crippen LogP contribution in [-0.4, -0.2) is 70.8 Å². The predicted molar refractivity (Wildman–Crippen MR) is 70.1 cm³/mol. The Hall–Kier alpha value is 0.0300. The van der Waals surface area contributed by atoms with Crippen LogP contribution >= 0.6 is 0 Å². The zero-order chi connectivity index (χ0) is 12.2. The fourth-order valence-electron chi connectivity index (χ4n) is 1.79. The third kappa shape index (κ3) is 5.94. The summed E-state index contributed by atoms with van der Waals surface area (Å²) >= 11 is 0. The molecule has 1 atom stereocenters. The van der Waals surface area contributed by atoms with E-state index in [4.69, 9.17) is 5.73 Å². The molecular formula is C11H25N3OS. The van der Waals surface area contributed by atoms with Gasteiger partial charge in [0, 0.05) is 60.6 Å². The molecule has 0 aromatic carbocycles. The molecule has 0 aromatic rings. The first-order valence-corrected chi connectivity index (χ1v) is 7.40. The van der Waals surface area contributed by atoms with Crippen molar-refractivity contribution < 1.29 is 4.21 Å². The third-order valence-corrected chi connectivity index (χ3v) is 4.47. The Balaban J connectivity index is 2.17. The zero-order valence-corrected chi connectivity index (χ0v) is 11.6. The summed E-state index contributed by atoms with van der Waals surface area (Å²) in [6.07, 6.45) is 0. The Morgan fingerprint density at radius 1 is 1.25 bits per heavy atom. The fraction of sp³-hybridized carbons (Fsp3) is 1.00. The molecule has 0 saturated carbocycles. The average Bonchev–Trinajstić information content (AvgIpc) is 2.14. The zero-order valence-electron chi connectivity index (χ0n) is 10.7. The predicted octanol–water partition coefficient (Wildman–Crippen LogP) is -0.280. The van der Waals surface area contributed by atoms with Crippen molar-refractivity contribution in [1.82, 2.24) is 9.80 Å². The molecule has 16 heavy (non-hydrogen) atoms. The molecule has 5 heteroatoms. The van der Waals surface area contributed by atoms with Gasteiger partial charge in [-0.15, -0.1) is 0 Å². The van der Waals surface area contributed by atoms with E-state index in [-0.39, 0.29) is 5.54 Å². The van der Waals surface area contributed by atoms with Gasteiger partial charge in [0.05, 0.1) is 0 Å². The molecule has 2 N–H and O–H groups in total. The van der Waals surface area contributed by atoms with E-state index < -0.39 is 10.8 Å². The first-order valence-electron chi connectivity index (χ1n) is 5.91. The molecule has 0 radical (unpaired) electrons. The van der Waals surface area contributed by atoms with Gasteiger partial charge in [0.2, 0.25) is 0 Å². The summed E-state index contributed by atoms with van der Waals surface area (Å²) in [6, 6.07) is 0. The topological polar surface area (TPSA) is 49.6 Å². The Morgan fingerprint density at radius 3 is 2.31 bits per heavy atom. The third-order valence-electron chi connectivity index (χ3n) is 2.76. The van der Waals surface area contributed by atoms with Gasteiger partial charge < -0.3 is 10.6 Å². The molecule has 1 rings (SSSR count). The minimum Gasteiger partial charge on any atom is -0.325 e. The van der Waals surface area contributed by atoms with Crippen molar-refractivity contribution in [2.75, 3.05) is 51.3 Å². The number of nitrogens with two attached hydrogens (primary N) is 1. The number of piperazine rings is 1. The van der Waals surface area contributed by atoms with Crippen LogP contribution in [0.1, 0.15) is 13.8 Å². The quantitative estimate of drug-likeness (QED) is 0.726. The summed E-state index contributed by atoms with van der Waals surface area (Å²) < 4.78 is 11.8. The van der Waals surface area contributed by atoms with E-state index in [1.54, 1.807) is 0 Å². The molecule has 0 aliphatic carbocycles. The Labute approximate surface area is 102 Å². The van der Waals surface area contributed by atoms with Gasteiger partial charge in [-0.25, -0.2) is 0 Å². The van der Waals surface area contributed by atoms with Gasteiger partial charge >= 0.3 is 0 Å². The molecule has 1 aliphatic heterocycles. The summed E-state index contributed by atoms with van der Waals surface area (Å²) in [5, 5.41) is 0. The maximum absolute atomic E-state index is 11.8. The van der Waals surface area contributed by atoms with Gasteiger partial charge in [0.15, 0.2) is 0 Å². The van der Waals surface area contributed by atoms with Crippen molar-refractivity contribution in [3.05, 3.63) is 0 Å². The van der Waals surface area contributed by atoms with Gasteiger partial charge in [-0.05, 0) is 20.9 Å². The lowest BCUT2D eigenvalue weighted by Gasteiger charge is -2.32. The maximum atomic E-state index is 11.8. The molecule has 4 nitrogen and oxygen atoms in total. The van der Waals surface area contributed by atoms with Crippen LogP contribution in [0.4, 0.5) is 0 Å². The molecule has 0 spiro atoms. The Kier molecular flexibility index (Phi) is 5.37. The van der Waals surface area contributed by atoms with Gasteiger partial charge in [0.25, 0.3) is 0 Å². The van der Waals surface area contributed by atoms with Crippen LogP contribution in [0.5, 0.6) is 0 Å². The van der Waals surface area contributed by atoms with Gasteiger partial charge in [-0.2, -0.15) is 0 Å². The molecule has 1 unspecified atom stereocenters. The second-order valence-electron chi connectivity index (χ2n) is 5.42. The minimum atomic E-state index is -0.780. The van der Waals surface area contributed by atoms with Gasteiger partial charge in [-0.3, -0.25) is 9.11 Å². The van der Waals surface area contributed by atoms with E-state index in [0.717, 1.165) is 38.5 Å². The van der Waals surface area contributed by atoms with E-state index in [0.29, 0.717) is 5.75 Å². The van der Waals surface area contributed by atoms with Crippen molar-refractivity contribution in [2.45, 2.75) is 19.4 Å². The second-order valence-corrected chi connectivity index (χ2v) is 7.00. The van der Waals surface area contributed by atoms with Crippen LogP contribution in [0.15, 0.2) is 0 Å². The summed E-state index contributed by atoms with van der Waals surface area (Å²) in [4.78, 5) is 4.72. The van der Waals surface area contributed by atoms with E-state index in [1.165, 1.54) is 0 Å². The van der Waals surface area contributed by atoms with Gasteiger partial charge in [-0.1, -0.05) is 0 Å². The Morgan fingerprint density at radius 2 is 1.81 bits per heavy atom. The minimum absolute atomic E-state index is 0.313. The first kappa shape index (κ1) is 14.1.